The first kappa shape index (κ1) is 17.2. The Balaban J connectivity index is 1.52. The smallest absolute Gasteiger partial charge is 0.223 e. The van der Waals surface area contributed by atoms with Gasteiger partial charge in [0.25, 0.3) is 0 Å². The second kappa shape index (κ2) is 7.94. The first-order chi connectivity index (χ1) is 11.7. The molecule has 3 rings (SSSR count). The molecule has 0 bridgehead atoms. The van der Waals surface area contributed by atoms with E-state index in [1.165, 1.54) is 4.70 Å². The number of hydrogen-bond acceptors (Lipinski definition) is 5. The molecule has 2 N–H and O–H groups in total. The first-order valence-corrected chi connectivity index (χ1v) is 9.51. The van der Waals surface area contributed by atoms with Gasteiger partial charge in [-0.3, -0.25) is 4.79 Å². The standard InChI is InChI=1S/C18H25N3O2S/c1-13(5-4-12-22)19-17(23)14-8-10-21(11-9-14)18-20-15-6-2-3-7-16(15)24-18/h2-3,6-7,13-14,22H,4-5,8-12H2,1H3,(H,19,23). The Morgan fingerprint density at radius 2 is 2.17 bits per heavy atom. The minimum Gasteiger partial charge on any atom is -0.396 e. The van der Waals surface area contributed by atoms with Crippen LogP contribution in [0.25, 0.3) is 10.2 Å². The summed E-state index contributed by atoms with van der Waals surface area (Å²) in [5, 5.41) is 13.0. The first-order valence-electron chi connectivity index (χ1n) is 8.69. The van der Waals surface area contributed by atoms with Crippen molar-refractivity contribution in [1.29, 1.82) is 0 Å². The van der Waals surface area contributed by atoms with Crippen LogP contribution >= 0.6 is 11.3 Å². The fourth-order valence-electron chi connectivity index (χ4n) is 3.16. The predicted molar refractivity (Wildman–Crippen MR) is 98.5 cm³/mol. The molecule has 6 heteroatoms. The fourth-order valence-corrected chi connectivity index (χ4v) is 4.18. The molecule has 1 aliphatic heterocycles. The van der Waals surface area contributed by atoms with Crippen LogP contribution in [0.4, 0.5) is 5.13 Å². The molecule has 1 atom stereocenters. The van der Waals surface area contributed by atoms with Crippen LogP contribution in [0.15, 0.2) is 24.3 Å². The molecule has 1 aromatic carbocycles. The molecule has 0 radical (unpaired) electrons. The van der Waals surface area contributed by atoms with Crippen molar-refractivity contribution in [2.45, 2.75) is 38.6 Å². The van der Waals surface area contributed by atoms with Crippen molar-refractivity contribution in [2.75, 3.05) is 24.6 Å². The SMILES string of the molecule is CC(CCCO)NC(=O)C1CCN(c2nc3ccccc3s2)CC1. The lowest BCUT2D eigenvalue weighted by Crippen LogP contribution is -2.43. The van der Waals surface area contributed by atoms with Crippen molar-refractivity contribution in [3.63, 3.8) is 0 Å². The van der Waals surface area contributed by atoms with Gasteiger partial charge in [-0.2, -0.15) is 0 Å². The molecule has 0 aliphatic carbocycles. The minimum atomic E-state index is 0.0900. The highest BCUT2D eigenvalue weighted by Crippen LogP contribution is 2.31. The third kappa shape index (κ3) is 4.05. The van der Waals surface area contributed by atoms with E-state index in [2.05, 4.69) is 16.3 Å². The molecular weight excluding hydrogens is 322 g/mol. The summed E-state index contributed by atoms with van der Waals surface area (Å²) >= 11 is 1.72. The van der Waals surface area contributed by atoms with Crippen molar-refractivity contribution >= 4 is 32.6 Å². The number of aliphatic hydroxyl groups excluding tert-OH is 1. The summed E-state index contributed by atoms with van der Waals surface area (Å²) in [6.45, 7) is 3.94. The molecule has 24 heavy (non-hydrogen) atoms. The normalized spacial score (nSPS) is 17.2. The summed E-state index contributed by atoms with van der Waals surface area (Å²) in [6, 6.07) is 8.33. The number of para-hydroxylation sites is 1. The van der Waals surface area contributed by atoms with Crippen LogP contribution in [0.2, 0.25) is 0 Å². The molecule has 1 fully saturated rings. The Bertz CT molecular complexity index is 647. The molecular formula is C18H25N3O2S. The van der Waals surface area contributed by atoms with Crippen molar-refractivity contribution in [2.24, 2.45) is 5.92 Å². The third-order valence-electron chi connectivity index (χ3n) is 4.60. The number of piperidine rings is 1. The van der Waals surface area contributed by atoms with E-state index >= 15 is 0 Å². The Hall–Kier alpha value is -1.66. The van der Waals surface area contributed by atoms with Gasteiger partial charge in [-0.25, -0.2) is 4.98 Å². The van der Waals surface area contributed by atoms with Gasteiger partial charge in [-0.15, -0.1) is 0 Å². The van der Waals surface area contributed by atoms with Gasteiger partial charge in [-0.05, 0) is 44.7 Å². The molecule has 1 aliphatic rings. The summed E-state index contributed by atoms with van der Waals surface area (Å²) < 4.78 is 1.21. The lowest BCUT2D eigenvalue weighted by Gasteiger charge is -2.31. The van der Waals surface area contributed by atoms with Crippen LogP contribution < -0.4 is 10.2 Å². The largest absolute Gasteiger partial charge is 0.396 e. The van der Waals surface area contributed by atoms with Gasteiger partial charge in [0.1, 0.15) is 0 Å². The number of amides is 1. The van der Waals surface area contributed by atoms with Gasteiger partial charge >= 0.3 is 0 Å². The van der Waals surface area contributed by atoms with E-state index in [4.69, 9.17) is 10.1 Å². The van der Waals surface area contributed by atoms with Crippen LogP contribution in [0.1, 0.15) is 32.6 Å². The number of nitrogens with zero attached hydrogens (tertiary/aromatic N) is 2. The van der Waals surface area contributed by atoms with Crippen molar-refractivity contribution < 1.29 is 9.90 Å². The van der Waals surface area contributed by atoms with Crippen molar-refractivity contribution in [3.05, 3.63) is 24.3 Å². The highest BCUT2D eigenvalue weighted by molar-refractivity contribution is 7.22. The Morgan fingerprint density at radius 3 is 2.88 bits per heavy atom. The quantitative estimate of drug-likeness (QED) is 0.843. The van der Waals surface area contributed by atoms with E-state index in [0.29, 0.717) is 0 Å². The van der Waals surface area contributed by atoms with E-state index in [9.17, 15) is 4.79 Å². The van der Waals surface area contributed by atoms with Crippen LogP contribution in [0.3, 0.4) is 0 Å². The van der Waals surface area contributed by atoms with E-state index in [-0.39, 0.29) is 24.5 Å². The highest BCUT2D eigenvalue weighted by Gasteiger charge is 2.27. The summed E-state index contributed by atoms with van der Waals surface area (Å²) in [6.07, 6.45) is 3.30. The number of carbonyl (C=O) groups excluding carboxylic acids is 1. The van der Waals surface area contributed by atoms with Gasteiger partial charge in [0.2, 0.25) is 5.91 Å². The zero-order valence-corrected chi connectivity index (χ0v) is 14.9. The maximum absolute atomic E-state index is 12.4. The van der Waals surface area contributed by atoms with E-state index in [1.807, 2.05) is 25.1 Å². The summed E-state index contributed by atoms with van der Waals surface area (Å²) in [5.41, 5.74) is 1.05. The number of rotatable bonds is 6. The number of aromatic nitrogens is 1. The average molecular weight is 347 g/mol. The number of aliphatic hydroxyl groups is 1. The van der Waals surface area contributed by atoms with E-state index < -0.39 is 0 Å². The molecule has 2 aromatic rings. The van der Waals surface area contributed by atoms with E-state index in [0.717, 1.165) is 49.4 Å². The average Bonchev–Trinajstić information content (AvgIpc) is 3.04. The number of anilines is 1. The van der Waals surface area contributed by atoms with Gasteiger partial charge in [0.15, 0.2) is 5.13 Å². The third-order valence-corrected chi connectivity index (χ3v) is 5.70. The Morgan fingerprint density at radius 1 is 1.42 bits per heavy atom. The topological polar surface area (TPSA) is 65.5 Å². The van der Waals surface area contributed by atoms with Crippen LogP contribution in [-0.4, -0.2) is 41.7 Å². The fraction of sp³-hybridized carbons (Fsp3) is 0.556. The van der Waals surface area contributed by atoms with Crippen LogP contribution in [0.5, 0.6) is 0 Å². The molecule has 1 amide bonds. The highest BCUT2D eigenvalue weighted by atomic mass is 32.1. The minimum absolute atomic E-state index is 0.0900. The van der Waals surface area contributed by atoms with Crippen LogP contribution in [-0.2, 0) is 4.79 Å². The van der Waals surface area contributed by atoms with Gasteiger partial charge < -0.3 is 15.3 Å². The number of fused-ring (bicyclic) bond motifs is 1. The molecule has 1 saturated heterocycles. The van der Waals surface area contributed by atoms with Gasteiger partial charge in [0, 0.05) is 31.7 Å². The number of carbonyl (C=O) groups is 1. The monoisotopic (exact) mass is 347 g/mol. The number of nitrogens with one attached hydrogen (secondary N) is 1. The molecule has 1 aromatic heterocycles. The number of benzene rings is 1. The van der Waals surface area contributed by atoms with Crippen LogP contribution in [0, 0.1) is 5.92 Å². The second-order valence-corrected chi connectivity index (χ2v) is 7.51. The zero-order valence-electron chi connectivity index (χ0n) is 14.1. The van der Waals surface area contributed by atoms with E-state index in [1.54, 1.807) is 11.3 Å². The number of hydrogen-bond donors (Lipinski definition) is 2. The molecule has 1 unspecified atom stereocenters. The number of thiazole rings is 1. The summed E-state index contributed by atoms with van der Waals surface area (Å²) in [5.74, 6) is 0.247. The lowest BCUT2D eigenvalue weighted by atomic mass is 9.95. The van der Waals surface area contributed by atoms with Crippen molar-refractivity contribution in [1.82, 2.24) is 10.3 Å². The molecule has 0 saturated carbocycles. The Labute approximate surface area is 146 Å². The van der Waals surface area contributed by atoms with Gasteiger partial charge in [0.05, 0.1) is 10.2 Å². The second-order valence-electron chi connectivity index (χ2n) is 6.50. The molecule has 5 nitrogen and oxygen atoms in total. The van der Waals surface area contributed by atoms with Crippen molar-refractivity contribution in [3.8, 4) is 0 Å². The maximum Gasteiger partial charge on any atom is 0.223 e. The molecule has 0 spiro atoms. The lowest BCUT2D eigenvalue weighted by molar-refractivity contribution is -0.126. The predicted octanol–water partition coefficient (Wildman–Crippen LogP) is 2.79. The zero-order chi connectivity index (χ0) is 16.9. The Kier molecular flexibility index (Phi) is 5.68. The van der Waals surface area contributed by atoms with Gasteiger partial charge in [-0.1, -0.05) is 23.5 Å². The maximum atomic E-state index is 12.4. The molecule has 130 valence electrons. The molecule has 2 heterocycles. The summed E-state index contributed by atoms with van der Waals surface area (Å²) in [4.78, 5) is 19.4. The summed E-state index contributed by atoms with van der Waals surface area (Å²) in [7, 11) is 0.